The Morgan fingerprint density at radius 3 is 2.24 bits per heavy atom. The lowest BCUT2D eigenvalue weighted by Gasteiger charge is -2.31. The molecule has 25 heavy (non-hydrogen) atoms. The Hall–Kier alpha value is -2.54. The summed E-state index contributed by atoms with van der Waals surface area (Å²) in [5.41, 5.74) is -1.09. The minimum absolute atomic E-state index is 0.339. The van der Waals surface area contributed by atoms with Crippen LogP contribution >= 0.6 is 0 Å². The largest absolute Gasteiger partial charge is 0.423 e. The number of benzene rings is 2. The van der Waals surface area contributed by atoms with Gasteiger partial charge in [-0.1, -0.05) is 36.4 Å². The van der Waals surface area contributed by atoms with Crippen LogP contribution in [0.1, 0.15) is 16.7 Å². The van der Waals surface area contributed by atoms with Gasteiger partial charge >= 0.3 is 12.2 Å². The van der Waals surface area contributed by atoms with E-state index in [0.29, 0.717) is 5.69 Å². The van der Waals surface area contributed by atoms with E-state index in [2.05, 4.69) is 10.6 Å². The molecule has 0 saturated heterocycles. The lowest BCUT2D eigenvalue weighted by atomic mass is 9.93. The van der Waals surface area contributed by atoms with Gasteiger partial charge in [-0.25, -0.2) is 4.79 Å². The van der Waals surface area contributed by atoms with Crippen LogP contribution in [0, 0.1) is 13.8 Å². The molecule has 2 rings (SSSR count). The Morgan fingerprint density at radius 2 is 1.68 bits per heavy atom. The smallest absolute Gasteiger partial charge is 0.375 e. The Morgan fingerprint density at radius 1 is 1.04 bits per heavy atom. The number of amides is 2. The zero-order valence-corrected chi connectivity index (χ0v) is 13.8. The van der Waals surface area contributed by atoms with Crippen molar-refractivity contribution < 1.29 is 23.1 Å². The molecule has 0 aromatic heterocycles. The lowest BCUT2D eigenvalue weighted by molar-refractivity contribution is -0.263. The summed E-state index contributed by atoms with van der Waals surface area (Å²) in [6, 6.07) is 11.0. The second-order valence-corrected chi connectivity index (χ2v) is 5.83. The second-order valence-electron chi connectivity index (χ2n) is 5.83. The molecule has 2 amide bonds. The summed E-state index contributed by atoms with van der Waals surface area (Å²) in [6.07, 6.45) is -4.94. The molecular formula is C18H19F3N2O2. The highest BCUT2D eigenvalue weighted by Crippen LogP contribution is 2.38. The van der Waals surface area contributed by atoms with E-state index in [1.54, 1.807) is 24.3 Å². The first kappa shape index (κ1) is 18.8. The Balaban J connectivity index is 2.10. The third-order valence-electron chi connectivity index (χ3n) is 3.99. The van der Waals surface area contributed by atoms with Crippen molar-refractivity contribution in [2.24, 2.45) is 0 Å². The van der Waals surface area contributed by atoms with Crippen LogP contribution in [-0.4, -0.2) is 23.9 Å². The number of aliphatic hydroxyl groups is 1. The molecule has 0 unspecified atom stereocenters. The number of nitrogens with one attached hydrogen (secondary N) is 2. The van der Waals surface area contributed by atoms with Crippen molar-refractivity contribution in [3.8, 4) is 0 Å². The van der Waals surface area contributed by atoms with Gasteiger partial charge in [-0.05, 0) is 42.7 Å². The van der Waals surface area contributed by atoms with Crippen LogP contribution in [0.4, 0.5) is 23.7 Å². The molecule has 134 valence electrons. The average molecular weight is 352 g/mol. The normalized spacial score (nSPS) is 13.8. The van der Waals surface area contributed by atoms with Gasteiger partial charge in [0.15, 0.2) is 0 Å². The van der Waals surface area contributed by atoms with Gasteiger partial charge in [0.2, 0.25) is 5.60 Å². The Bertz CT molecular complexity index is 748. The number of carbonyl (C=O) groups is 1. The van der Waals surface area contributed by atoms with E-state index in [4.69, 9.17) is 0 Å². The van der Waals surface area contributed by atoms with Crippen LogP contribution in [-0.2, 0) is 5.60 Å². The highest BCUT2D eigenvalue weighted by molar-refractivity contribution is 5.89. The molecule has 0 fully saturated rings. The molecule has 2 aromatic rings. The van der Waals surface area contributed by atoms with Crippen LogP contribution in [0.2, 0.25) is 0 Å². The molecule has 7 heteroatoms. The van der Waals surface area contributed by atoms with Gasteiger partial charge in [0.1, 0.15) is 0 Å². The van der Waals surface area contributed by atoms with Crippen molar-refractivity contribution >= 4 is 11.7 Å². The van der Waals surface area contributed by atoms with Crippen LogP contribution in [0.25, 0.3) is 0 Å². The van der Waals surface area contributed by atoms with Crippen molar-refractivity contribution in [2.45, 2.75) is 25.6 Å². The zero-order valence-electron chi connectivity index (χ0n) is 13.8. The SMILES string of the molecule is Cc1ccc(NC(=O)NC[C@@](O)(c2ccccc2)C(F)(F)F)cc1C. The fraction of sp³-hybridized carbons (Fsp3) is 0.278. The molecule has 3 N–H and O–H groups in total. The molecule has 0 saturated carbocycles. The number of hydrogen-bond acceptors (Lipinski definition) is 2. The summed E-state index contributed by atoms with van der Waals surface area (Å²) in [6.45, 7) is 2.76. The topological polar surface area (TPSA) is 61.4 Å². The molecule has 0 heterocycles. The van der Waals surface area contributed by atoms with Crippen LogP contribution < -0.4 is 10.6 Å². The minimum atomic E-state index is -4.94. The first-order chi connectivity index (χ1) is 11.6. The summed E-state index contributed by atoms with van der Waals surface area (Å²) in [7, 11) is 0. The zero-order chi connectivity index (χ0) is 18.7. The lowest BCUT2D eigenvalue weighted by Crippen LogP contribution is -2.51. The Kier molecular flexibility index (Phi) is 5.37. The molecule has 0 aliphatic heterocycles. The molecular weight excluding hydrogens is 333 g/mol. The van der Waals surface area contributed by atoms with Crippen molar-refractivity contribution in [1.29, 1.82) is 0 Å². The van der Waals surface area contributed by atoms with Crippen molar-refractivity contribution in [1.82, 2.24) is 5.32 Å². The van der Waals surface area contributed by atoms with Crippen LogP contribution in [0.3, 0.4) is 0 Å². The molecule has 1 atom stereocenters. The van der Waals surface area contributed by atoms with E-state index in [0.717, 1.165) is 23.3 Å². The fourth-order valence-electron chi connectivity index (χ4n) is 2.28. The van der Waals surface area contributed by atoms with Gasteiger partial charge in [-0.3, -0.25) is 0 Å². The minimum Gasteiger partial charge on any atom is -0.375 e. The van der Waals surface area contributed by atoms with Gasteiger partial charge in [0, 0.05) is 5.69 Å². The second kappa shape index (κ2) is 7.14. The monoisotopic (exact) mass is 352 g/mol. The van der Waals surface area contributed by atoms with Crippen LogP contribution in [0.5, 0.6) is 0 Å². The van der Waals surface area contributed by atoms with E-state index in [-0.39, 0.29) is 5.56 Å². The number of urea groups is 1. The molecule has 0 aliphatic rings. The number of hydrogen-bond donors (Lipinski definition) is 3. The van der Waals surface area contributed by atoms with Crippen molar-refractivity contribution in [2.75, 3.05) is 11.9 Å². The average Bonchev–Trinajstić information content (AvgIpc) is 2.56. The van der Waals surface area contributed by atoms with E-state index >= 15 is 0 Å². The fourth-order valence-corrected chi connectivity index (χ4v) is 2.28. The third kappa shape index (κ3) is 4.30. The van der Waals surface area contributed by atoms with Crippen LogP contribution in [0.15, 0.2) is 48.5 Å². The molecule has 4 nitrogen and oxygen atoms in total. The first-order valence-electron chi connectivity index (χ1n) is 7.60. The predicted octanol–water partition coefficient (Wildman–Crippen LogP) is 3.88. The maximum absolute atomic E-state index is 13.3. The van der Waals surface area contributed by atoms with Gasteiger partial charge in [-0.15, -0.1) is 0 Å². The number of carbonyl (C=O) groups excluding carboxylic acids is 1. The maximum Gasteiger partial charge on any atom is 0.423 e. The van der Waals surface area contributed by atoms with Gasteiger partial charge in [-0.2, -0.15) is 13.2 Å². The summed E-state index contributed by atoms with van der Waals surface area (Å²) in [5, 5.41) is 14.7. The predicted molar refractivity (Wildman–Crippen MR) is 89.3 cm³/mol. The molecule has 0 bridgehead atoms. The van der Waals surface area contributed by atoms with Gasteiger partial charge in [0.25, 0.3) is 0 Å². The van der Waals surface area contributed by atoms with E-state index in [1.807, 2.05) is 13.8 Å². The molecule has 2 aromatic carbocycles. The van der Waals surface area contributed by atoms with Crippen molar-refractivity contribution in [3.63, 3.8) is 0 Å². The number of aryl methyl sites for hydroxylation is 2. The maximum atomic E-state index is 13.3. The summed E-state index contributed by atoms with van der Waals surface area (Å²) < 4.78 is 40.0. The van der Waals surface area contributed by atoms with Gasteiger partial charge in [0.05, 0.1) is 6.54 Å². The standard InChI is InChI=1S/C18H19F3N2O2/c1-12-8-9-15(10-13(12)2)23-16(24)22-11-17(25,18(19,20)21)14-6-4-3-5-7-14/h3-10,25H,11H2,1-2H3,(H2,22,23,24)/t17-/m1/s1. The quantitative estimate of drug-likeness (QED) is 0.782. The van der Waals surface area contributed by atoms with Gasteiger partial charge < -0.3 is 15.7 Å². The molecule has 0 spiro atoms. The summed E-state index contributed by atoms with van der Waals surface area (Å²) >= 11 is 0. The highest BCUT2D eigenvalue weighted by atomic mass is 19.4. The summed E-state index contributed by atoms with van der Waals surface area (Å²) in [5.74, 6) is 0. The van der Waals surface area contributed by atoms with E-state index < -0.39 is 24.4 Å². The van der Waals surface area contributed by atoms with E-state index in [9.17, 15) is 23.1 Å². The highest BCUT2D eigenvalue weighted by Gasteiger charge is 2.55. The van der Waals surface area contributed by atoms with E-state index in [1.165, 1.54) is 12.1 Å². The number of anilines is 1. The Labute approximate surface area is 143 Å². The first-order valence-corrected chi connectivity index (χ1v) is 7.60. The molecule has 0 aliphatic carbocycles. The number of halogens is 3. The molecule has 0 radical (unpaired) electrons. The summed E-state index contributed by atoms with van der Waals surface area (Å²) in [4.78, 5) is 11.9. The number of alkyl halides is 3. The third-order valence-corrected chi connectivity index (χ3v) is 3.99. The van der Waals surface area contributed by atoms with Crippen molar-refractivity contribution in [3.05, 3.63) is 65.2 Å². The number of rotatable bonds is 4.